The quantitative estimate of drug-likeness (QED) is 0.660. The summed E-state index contributed by atoms with van der Waals surface area (Å²) in [5, 5.41) is 5.93. The zero-order valence-corrected chi connectivity index (χ0v) is 20.4. The molecule has 1 aliphatic heterocycles. The van der Waals surface area contributed by atoms with Crippen LogP contribution in [0.5, 0.6) is 5.75 Å². The average molecular weight is 453 g/mol. The van der Waals surface area contributed by atoms with Gasteiger partial charge in [-0.2, -0.15) is 0 Å². The SMILES string of the molecule is CCCNC(=O)c1cc(NC(=O)C(C)(C)C)ccc1N1CCN(c2ccccc2OC)CC1. The Morgan fingerprint density at radius 3 is 2.21 bits per heavy atom. The number of nitrogens with zero attached hydrogens (tertiary/aromatic N) is 2. The first-order valence-corrected chi connectivity index (χ1v) is 11.6. The number of nitrogens with one attached hydrogen (secondary N) is 2. The van der Waals surface area contributed by atoms with Crippen molar-refractivity contribution in [3.8, 4) is 5.75 Å². The second kappa shape index (κ2) is 10.6. The van der Waals surface area contributed by atoms with E-state index in [1.165, 1.54) is 0 Å². The molecule has 0 spiro atoms. The molecule has 1 fully saturated rings. The van der Waals surface area contributed by atoms with Crippen LogP contribution in [-0.4, -0.2) is 51.6 Å². The molecular weight excluding hydrogens is 416 g/mol. The summed E-state index contributed by atoms with van der Waals surface area (Å²) in [7, 11) is 1.69. The summed E-state index contributed by atoms with van der Waals surface area (Å²) < 4.78 is 5.52. The van der Waals surface area contributed by atoms with Crippen LogP contribution in [0.4, 0.5) is 17.1 Å². The molecule has 0 bridgehead atoms. The van der Waals surface area contributed by atoms with E-state index >= 15 is 0 Å². The third kappa shape index (κ3) is 5.97. The molecule has 0 saturated carbocycles. The summed E-state index contributed by atoms with van der Waals surface area (Å²) in [6, 6.07) is 13.6. The molecule has 0 aliphatic carbocycles. The van der Waals surface area contributed by atoms with Gasteiger partial charge in [-0.15, -0.1) is 0 Å². The number of hydrogen-bond donors (Lipinski definition) is 2. The van der Waals surface area contributed by atoms with Crippen LogP contribution < -0.4 is 25.2 Å². The monoisotopic (exact) mass is 452 g/mol. The first kappa shape index (κ1) is 24.4. The van der Waals surface area contributed by atoms with Crippen molar-refractivity contribution in [3.05, 3.63) is 48.0 Å². The molecule has 2 aromatic rings. The third-order valence-corrected chi connectivity index (χ3v) is 5.76. The Morgan fingerprint density at radius 2 is 1.61 bits per heavy atom. The average Bonchev–Trinajstić information content (AvgIpc) is 2.82. The molecule has 178 valence electrons. The molecule has 0 atom stereocenters. The molecule has 2 aromatic carbocycles. The van der Waals surface area contributed by atoms with Crippen LogP contribution in [0.1, 0.15) is 44.5 Å². The van der Waals surface area contributed by atoms with E-state index < -0.39 is 5.41 Å². The van der Waals surface area contributed by atoms with Crippen molar-refractivity contribution < 1.29 is 14.3 Å². The van der Waals surface area contributed by atoms with Gasteiger partial charge in [0, 0.05) is 49.5 Å². The van der Waals surface area contributed by atoms with E-state index in [2.05, 4.69) is 26.5 Å². The van der Waals surface area contributed by atoms with E-state index in [0.29, 0.717) is 17.8 Å². The van der Waals surface area contributed by atoms with Gasteiger partial charge in [0.05, 0.1) is 18.4 Å². The van der Waals surface area contributed by atoms with Gasteiger partial charge in [-0.05, 0) is 36.8 Å². The van der Waals surface area contributed by atoms with Crippen LogP contribution in [0.25, 0.3) is 0 Å². The fourth-order valence-corrected chi connectivity index (χ4v) is 3.80. The lowest BCUT2D eigenvalue weighted by molar-refractivity contribution is -0.123. The van der Waals surface area contributed by atoms with Gasteiger partial charge in [-0.25, -0.2) is 0 Å². The fraction of sp³-hybridized carbons (Fsp3) is 0.462. The van der Waals surface area contributed by atoms with E-state index in [1.54, 1.807) is 13.2 Å². The highest BCUT2D eigenvalue weighted by molar-refractivity contribution is 6.02. The van der Waals surface area contributed by atoms with E-state index in [9.17, 15) is 9.59 Å². The van der Waals surface area contributed by atoms with Crippen LogP contribution in [-0.2, 0) is 4.79 Å². The molecule has 7 nitrogen and oxygen atoms in total. The van der Waals surface area contributed by atoms with Crippen LogP contribution in [0.3, 0.4) is 0 Å². The van der Waals surface area contributed by atoms with Gasteiger partial charge >= 0.3 is 0 Å². The number of carbonyl (C=O) groups is 2. The zero-order valence-electron chi connectivity index (χ0n) is 20.4. The topological polar surface area (TPSA) is 73.9 Å². The van der Waals surface area contributed by atoms with Gasteiger partial charge in [-0.1, -0.05) is 39.8 Å². The molecule has 7 heteroatoms. The second-order valence-electron chi connectivity index (χ2n) is 9.34. The number of benzene rings is 2. The van der Waals surface area contributed by atoms with E-state index in [-0.39, 0.29) is 11.8 Å². The van der Waals surface area contributed by atoms with Gasteiger partial charge in [0.25, 0.3) is 5.91 Å². The number of hydrogen-bond acceptors (Lipinski definition) is 5. The predicted octanol–water partition coefficient (Wildman–Crippen LogP) is 4.15. The van der Waals surface area contributed by atoms with Crippen molar-refractivity contribution in [2.75, 3.05) is 55.0 Å². The molecule has 0 unspecified atom stereocenters. The molecule has 1 aliphatic rings. The lowest BCUT2D eigenvalue weighted by Gasteiger charge is -2.38. The molecule has 0 radical (unpaired) electrons. The number of carbonyl (C=O) groups excluding carboxylic acids is 2. The second-order valence-corrected chi connectivity index (χ2v) is 9.34. The minimum atomic E-state index is -0.516. The Morgan fingerprint density at radius 1 is 0.970 bits per heavy atom. The van der Waals surface area contributed by atoms with Crippen LogP contribution in [0, 0.1) is 5.41 Å². The smallest absolute Gasteiger partial charge is 0.253 e. The van der Waals surface area contributed by atoms with Gasteiger partial charge in [0.15, 0.2) is 0 Å². The molecule has 33 heavy (non-hydrogen) atoms. The fourth-order valence-electron chi connectivity index (χ4n) is 3.80. The van der Waals surface area contributed by atoms with Crippen LogP contribution in [0.2, 0.25) is 0 Å². The van der Waals surface area contributed by atoms with Crippen molar-refractivity contribution in [2.24, 2.45) is 5.41 Å². The van der Waals surface area contributed by atoms with E-state index in [4.69, 9.17) is 4.74 Å². The molecule has 2 amide bonds. The highest BCUT2D eigenvalue weighted by Gasteiger charge is 2.25. The number of rotatable bonds is 7. The van der Waals surface area contributed by atoms with Gasteiger partial charge < -0.3 is 25.2 Å². The number of para-hydroxylation sites is 2. The Kier molecular flexibility index (Phi) is 7.84. The Bertz CT molecular complexity index is 976. The summed E-state index contributed by atoms with van der Waals surface area (Å²) in [4.78, 5) is 30.0. The maximum Gasteiger partial charge on any atom is 0.253 e. The van der Waals surface area contributed by atoms with Crippen molar-refractivity contribution in [1.29, 1.82) is 0 Å². The molecule has 2 N–H and O–H groups in total. The number of ether oxygens (including phenoxy) is 1. The minimum Gasteiger partial charge on any atom is -0.495 e. The van der Waals surface area contributed by atoms with Gasteiger partial charge in [-0.3, -0.25) is 9.59 Å². The highest BCUT2D eigenvalue weighted by atomic mass is 16.5. The first-order chi connectivity index (χ1) is 15.7. The number of methoxy groups -OCH3 is 1. The van der Waals surface area contributed by atoms with Crippen molar-refractivity contribution in [2.45, 2.75) is 34.1 Å². The summed E-state index contributed by atoms with van der Waals surface area (Å²) in [5.41, 5.74) is 2.67. The van der Waals surface area contributed by atoms with E-state index in [0.717, 1.165) is 49.7 Å². The maximum absolute atomic E-state index is 13.0. The van der Waals surface area contributed by atoms with Crippen LogP contribution >= 0.6 is 0 Å². The number of anilines is 3. The molecular formula is C26H36N4O3. The third-order valence-electron chi connectivity index (χ3n) is 5.76. The zero-order chi connectivity index (χ0) is 24.0. The highest BCUT2D eigenvalue weighted by Crippen LogP contribution is 2.31. The Hall–Kier alpha value is -3.22. The van der Waals surface area contributed by atoms with Crippen molar-refractivity contribution in [3.63, 3.8) is 0 Å². The summed E-state index contributed by atoms with van der Waals surface area (Å²) in [5.74, 6) is 0.663. The first-order valence-electron chi connectivity index (χ1n) is 11.6. The van der Waals surface area contributed by atoms with Gasteiger partial charge in [0.1, 0.15) is 5.75 Å². The van der Waals surface area contributed by atoms with E-state index in [1.807, 2.05) is 58.0 Å². The maximum atomic E-state index is 13.0. The molecule has 0 aromatic heterocycles. The predicted molar refractivity (Wildman–Crippen MR) is 135 cm³/mol. The number of amides is 2. The Balaban J connectivity index is 1.81. The van der Waals surface area contributed by atoms with Crippen molar-refractivity contribution in [1.82, 2.24) is 5.32 Å². The summed E-state index contributed by atoms with van der Waals surface area (Å²) in [6.45, 7) is 11.4. The van der Waals surface area contributed by atoms with Gasteiger partial charge in [0.2, 0.25) is 5.91 Å². The molecule has 1 saturated heterocycles. The minimum absolute atomic E-state index is 0.0828. The molecule has 1 heterocycles. The van der Waals surface area contributed by atoms with Crippen molar-refractivity contribution >= 4 is 28.9 Å². The summed E-state index contributed by atoms with van der Waals surface area (Å²) in [6.07, 6.45) is 0.860. The lowest BCUT2D eigenvalue weighted by atomic mass is 9.95. The largest absolute Gasteiger partial charge is 0.495 e. The summed E-state index contributed by atoms with van der Waals surface area (Å²) >= 11 is 0. The molecule has 3 rings (SSSR count). The van der Waals surface area contributed by atoms with Crippen LogP contribution in [0.15, 0.2) is 42.5 Å². The Labute approximate surface area is 197 Å². The number of piperazine rings is 1. The normalized spacial score (nSPS) is 14.1. The standard InChI is InChI=1S/C26H36N4O3/c1-6-13-27-24(31)20-18-19(28-25(32)26(2,3)4)11-12-21(20)29-14-16-30(17-15-29)22-9-7-8-10-23(22)33-5/h7-12,18H,6,13-17H2,1-5H3,(H,27,31)(H,28,32). The lowest BCUT2D eigenvalue weighted by Crippen LogP contribution is -2.47.